The molecule has 5 aromatic rings. The SMILES string of the molecule is CCOC(=O)c1nc2cccc3c2n1CCNC3=O.O=C1NCCn2c(C(=O)NCc3ccccc3)nc3cccc1c32. The van der Waals surface area contributed by atoms with Crippen LogP contribution in [0.1, 0.15) is 54.4 Å². The molecule has 0 radical (unpaired) electrons. The maximum atomic E-state index is 12.6. The second-order valence-electron chi connectivity index (χ2n) is 9.92. The fourth-order valence-electron chi connectivity index (χ4n) is 5.31. The topological polar surface area (TPSA) is 149 Å². The number of nitrogens with zero attached hydrogens (tertiary/aromatic N) is 4. The number of esters is 1. The van der Waals surface area contributed by atoms with E-state index in [1.165, 1.54) is 0 Å². The van der Waals surface area contributed by atoms with Gasteiger partial charge in [-0.15, -0.1) is 0 Å². The Balaban J connectivity index is 0.000000157. The molecule has 4 heterocycles. The van der Waals surface area contributed by atoms with Crippen molar-refractivity contribution in [1.82, 2.24) is 35.1 Å². The summed E-state index contributed by atoms with van der Waals surface area (Å²) in [6.45, 7) is 4.45. The van der Waals surface area contributed by atoms with Crippen molar-refractivity contribution in [2.75, 3.05) is 19.7 Å². The van der Waals surface area contributed by atoms with Crippen molar-refractivity contribution < 1.29 is 23.9 Å². The smallest absolute Gasteiger partial charge is 0.374 e. The van der Waals surface area contributed by atoms with Gasteiger partial charge in [-0.2, -0.15) is 0 Å². The number of amides is 3. The zero-order valence-corrected chi connectivity index (χ0v) is 23.4. The quantitative estimate of drug-likeness (QED) is 0.271. The molecular formula is C31H29N7O5. The molecule has 12 heteroatoms. The van der Waals surface area contributed by atoms with Crippen LogP contribution in [0.3, 0.4) is 0 Å². The number of nitrogens with one attached hydrogen (secondary N) is 3. The molecule has 0 bridgehead atoms. The molecule has 12 nitrogen and oxygen atoms in total. The summed E-state index contributed by atoms with van der Waals surface area (Å²) in [5.74, 6) is -0.379. The molecule has 3 amide bonds. The minimum atomic E-state index is -0.459. The zero-order valence-electron chi connectivity index (χ0n) is 23.4. The highest BCUT2D eigenvalue weighted by atomic mass is 16.5. The van der Waals surface area contributed by atoms with E-state index in [0.29, 0.717) is 72.8 Å². The number of carbonyl (C=O) groups excluding carboxylic acids is 4. The molecule has 0 spiro atoms. The van der Waals surface area contributed by atoms with E-state index in [1.54, 1.807) is 41.8 Å². The van der Waals surface area contributed by atoms with E-state index >= 15 is 0 Å². The molecule has 3 N–H and O–H groups in total. The number of carbonyl (C=O) groups is 4. The minimum absolute atomic E-state index is 0.129. The number of benzene rings is 3. The van der Waals surface area contributed by atoms with Crippen LogP contribution in [0, 0.1) is 0 Å². The van der Waals surface area contributed by atoms with Crippen molar-refractivity contribution in [2.45, 2.75) is 26.6 Å². The maximum absolute atomic E-state index is 12.6. The van der Waals surface area contributed by atoms with E-state index in [1.807, 2.05) is 41.0 Å². The number of hydrogen-bond acceptors (Lipinski definition) is 7. The van der Waals surface area contributed by atoms with Crippen LogP contribution >= 0.6 is 0 Å². The van der Waals surface area contributed by atoms with Crippen molar-refractivity contribution >= 4 is 45.8 Å². The average Bonchev–Trinajstić information content (AvgIpc) is 3.47. The van der Waals surface area contributed by atoms with Crippen LogP contribution in [0.4, 0.5) is 0 Å². The molecule has 7 rings (SSSR count). The van der Waals surface area contributed by atoms with E-state index in [-0.39, 0.29) is 23.5 Å². The van der Waals surface area contributed by atoms with Crippen molar-refractivity contribution in [3.8, 4) is 0 Å². The molecule has 2 aliphatic heterocycles. The van der Waals surface area contributed by atoms with Gasteiger partial charge in [-0.25, -0.2) is 14.8 Å². The third-order valence-electron chi connectivity index (χ3n) is 7.22. The number of aromatic nitrogens is 4. The largest absolute Gasteiger partial charge is 0.460 e. The standard InChI is InChI=1S/C18H16N4O2.C13H13N3O3/c23-17-13-7-4-8-14-15(13)22(10-9-19-17)16(21-14)18(24)20-11-12-5-2-1-3-6-12;1-2-19-13(18)11-15-9-5-3-4-8-10(9)16(11)7-6-14-12(8)17/h1-8H,9-11H2,(H,19,23)(H,20,24);3-5H,2,6-7H2,1H3,(H,14,17). The van der Waals surface area contributed by atoms with E-state index in [2.05, 4.69) is 25.9 Å². The molecule has 0 atom stereocenters. The van der Waals surface area contributed by atoms with E-state index in [9.17, 15) is 19.2 Å². The number of para-hydroxylation sites is 2. The van der Waals surface area contributed by atoms with Crippen LogP contribution in [0.5, 0.6) is 0 Å². The lowest BCUT2D eigenvalue weighted by Crippen LogP contribution is -2.28. The second kappa shape index (κ2) is 11.8. The van der Waals surface area contributed by atoms with Gasteiger partial charge in [0.15, 0.2) is 5.82 Å². The van der Waals surface area contributed by atoms with E-state index in [0.717, 1.165) is 11.1 Å². The molecular weight excluding hydrogens is 550 g/mol. The van der Waals surface area contributed by atoms with Gasteiger partial charge in [0, 0.05) is 32.7 Å². The highest BCUT2D eigenvalue weighted by Crippen LogP contribution is 2.24. The highest BCUT2D eigenvalue weighted by molar-refractivity contribution is 6.08. The van der Waals surface area contributed by atoms with Gasteiger partial charge in [0.25, 0.3) is 17.7 Å². The van der Waals surface area contributed by atoms with Crippen molar-refractivity contribution in [2.24, 2.45) is 0 Å². The van der Waals surface area contributed by atoms with Gasteiger partial charge >= 0.3 is 5.97 Å². The third-order valence-corrected chi connectivity index (χ3v) is 7.22. The Bertz CT molecular complexity index is 1880. The lowest BCUT2D eigenvalue weighted by atomic mass is 10.2. The fraction of sp³-hybridized carbons (Fsp3) is 0.226. The first-order chi connectivity index (χ1) is 21.0. The Morgan fingerprint density at radius 3 is 1.93 bits per heavy atom. The number of imidazole rings is 2. The Morgan fingerprint density at radius 1 is 0.791 bits per heavy atom. The van der Waals surface area contributed by atoms with Crippen LogP contribution in [-0.4, -0.2) is 62.5 Å². The van der Waals surface area contributed by atoms with Gasteiger partial charge in [0.05, 0.1) is 39.8 Å². The van der Waals surface area contributed by atoms with E-state index in [4.69, 9.17) is 4.74 Å². The fourth-order valence-corrected chi connectivity index (χ4v) is 5.31. The lowest BCUT2D eigenvalue weighted by molar-refractivity contribution is 0.0507. The molecule has 0 saturated heterocycles. The van der Waals surface area contributed by atoms with Gasteiger partial charge in [-0.05, 0) is 36.8 Å². The molecule has 218 valence electrons. The summed E-state index contributed by atoms with van der Waals surface area (Å²) in [5.41, 5.74) is 4.83. The minimum Gasteiger partial charge on any atom is -0.460 e. The predicted octanol–water partition coefficient (Wildman–Crippen LogP) is 2.67. The van der Waals surface area contributed by atoms with Crippen LogP contribution < -0.4 is 16.0 Å². The van der Waals surface area contributed by atoms with Gasteiger partial charge in [0.2, 0.25) is 5.82 Å². The summed E-state index contributed by atoms with van der Waals surface area (Å²) in [4.78, 5) is 57.3. The Hall–Kier alpha value is -5.52. The Kier molecular flexibility index (Phi) is 7.56. The Labute approximate surface area is 246 Å². The lowest BCUT2D eigenvalue weighted by Gasteiger charge is -2.08. The summed E-state index contributed by atoms with van der Waals surface area (Å²) in [6, 6.07) is 20.4. The second-order valence-corrected chi connectivity index (χ2v) is 9.92. The number of ether oxygens (including phenoxy) is 1. The molecule has 0 aliphatic carbocycles. The molecule has 2 aliphatic rings. The summed E-state index contributed by atoms with van der Waals surface area (Å²) in [5, 5.41) is 8.54. The van der Waals surface area contributed by atoms with Crippen molar-refractivity contribution in [3.05, 3.63) is 95.1 Å². The normalized spacial score (nSPS) is 13.7. The summed E-state index contributed by atoms with van der Waals surface area (Å²) in [6.07, 6.45) is 0. The average molecular weight is 580 g/mol. The molecule has 0 saturated carbocycles. The summed E-state index contributed by atoms with van der Waals surface area (Å²) in [7, 11) is 0. The first-order valence-electron chi connectivity index (χ1n) is 14.0. The van der Waals surface area contributed by atoms with E-state index < -0.39 is 5.97 Å². The Morgan fingerprint density at radius 2 is 1.35 bits per heavy atom. The monoisotopic (exact) mass is 579 g/mol. The zero-order chi connectivity index (χ0) is 29.9. The van der Waals surface area contributed by atoms with Crippen LogP contribution in [0.2, 0.25) is 0 Å². The van der Waals surface area contributed by atoms with Crippen LogP contribution in [-0.2, 0) is 24.4 Å². The third kappa shape index (κ3) is 5.30. The molecule has 0 fully saturated rings. The first-order valence-corrected chi connectivity index (χ1v) is 14.0. The van der Waals surface area contributed by atoms with Crippen LogP contribution in [0.15, 0.2) is 66.7 Å². The highest BCUT2D eigenvalue weighted by Gasteiger charge is 2.25. The number of rotatable bonds is 5. The van der Waals surface area contributed by atoms with Gasteiger partial charge in [-0.3, -0.25) is 14.4 Å². The maximum Gasteiger partial charge on any atom is 0.374 e. The van der Waals surface area contributed by atoms with Crippen molar-refractivity contribution in [1.29, 1.82) is 0 Å². The van der Waals surface area contributed by atoms with Gasteiger partial charge in [-0.1, -0.05) is 42.5 Å². The molecule has 0 unspecified atom stereocenters. The van der Waals surface area contributed by atoms with Gasteiger partial charge < -0.3 is 29.8 Å². The van der Waals surface area contributed by atoms with Crippen LogP contribution in [0.25, 0.3) is 22.1 Å². The molecule has 3 aromatic carbocycles. The number of hydrogen-bond donors (Lipinski definition) is 3. The molecule has 43 heavy (non-hydrogen) atoms. The summed E-state index contributed by atoms with van der Waals surface area (Å²) < 4.78 is 8.58. The van der Waals surface area contributed by atoms with Gasteiger partial charge in [0.1, 0.15) is 0 Å². The summed E-state index contributed by atoms with van der Waals surface area (Å²) >= 11 is 0. The van der Waals surface area contributed by atoms with Crippen molar-refractivity contribution in [3.63, 3.8) is 0 Å². The predicted molar refractivity (Wildman–Crippen MR) is 158 cm³/mol. The first kappa shape index (κ1) is 27.6. The molecule has 2 aromatic heterocycles.